The molecule has 1 saturated heterocycles. The van der Waals surface area contributed by atoms with Crippen LogP contribution in [0.4, 0.5) is 0 Å². The van der Waals surface area contributed by atoms with Crippen molar-refractivity contribution in [2.24, 2.45) is 0 Å². The number of methoxy groups -OCH3 is 6. The van der Waals surface area contributed by atoms with Gasteiger partial charge in [0.25, 0.3) is 0 Å². The molecule has 0 spiro atoms. The molecule has 12 heteroatoms. The van der Waals surface area contributed by atoms with Gasteiger partial charge in [-0.25, -0.2) is 0 Å². The molecule has 1 aliphatic rings. The maximum Gasteiger partial charge on any atom is 0.203 e. The first-order chi connectivity index (χ1) is 27.4. The summed E-state index contributed by atoms with van der Waals surface area (Å²) in [5.74, 6) is 3.54. The molecule has 0 unspecified atom stereocenters. The molecule has 6 aromatic rings. The van der Waals surface area contributed by atoms with Crippen molar-refractivity contribution < 1.29 is 28.4 Å². The van der Waals surface area contributed by atoms with Crippen LogP contribution in [0.15, 0.2) is 97.1 Å². The molecule has 0 atom stereocenters. The fourth-order valence-corrected chi connectivity index (χ4v) is 7.33. The minimum atomic E-state index is 0.561. The first kappa shape index (κ1) is 38.3. The highest BCUT2D eigenvalue weighted by Gasteiger charge is 2.23. The third kappa shape index (κ3) is 8.46. The van der Waals surface area contributed by atoms with E-state index in [1.54, 1.807) is 42.7 Å². The lowest BCUT2D eigenvalue weighted by atomic mass is 10.1. The Hall–Kier alpha value is -5.98. The number of hydrogen-bond acceptors (Lipinski definition) is 10. The van der Waals surface area contributed by atoms with Gasteiger partial charge in [0.1, 0.15) is 0 Å². The van der Waals surface area contributed by atoms with Gasteiger partial charge >= 0.3 is 0 Å². The van der Waals surface area contributed by atoms with Crippen LogP contribution in [0.3, 0.4) is 0 Å². The van der Waals surface area contributed by atoms with Crippen molar-refractivity contribution in [2.75, 3.05) is 68.8 Å². The first-order valence-electron chi connectivity index (χ1n) is 18.7. The summed E-state index contributed by atoms with van der Waals surface area (Å²) in [7, 11) is 9.78. The van der Waals surface area contributed by atoms with Crippen LogP contribution in [0.25, 0.3) is 22.5 Å². The maximum atomic E-state index is 5.70. The van der Waals surface area contributed by atoms with E-state index in [2.05, 4.69) is 79.8 Å². The van der Waals surface area contributed by atoms with Gasteiger partial charge in [-0.1, -0.05) is 60.7 Å². The van der Waals surface area contributed by atoms with Crippen LogP contribution in [0.5, 0.6) is 34.5 Å². The zero-order chi connectivity index (χ0) is 39.0. The van der Waals surface area contributed by atoms with Gasteiger partial charge in [-0.3, -0.25) is 19.2 Å². The second-order valence-electron chi connectivity index (χ2n) is 13.7. The van der Waals surface area contributed by atoms with Crippen LogP contribution in [0.1, 0.15) is 22.5 Å². The summed E-state index contributed by atoms with van der Waals surface area (Å²) in [5.41, 5.74) is 8.20. The molecule has 56 heavy (non-hydrogen) atoms. The van der Waals surface area contributed by atoms with Gasteiger partial charge < -0.3 is 28.4 Å². The Morgan fingerprint density at radius 2 is 0.768 bits per heavy atom. The van der Waals surface area contributed by atoms with Gasteiger partial charge in [0.15, 0.2) is 23.0 Å². The lowest BCUT2D eigenvalue weighted by Crippen LogP contribution is -2.45. The van der Waals surface area contributed by atoms with Crippen molar-refractivity contribution in [2.45, 2.75) is 26.2 Å². The van der Waals surface area contributed by atoms with E-state index in [1.165, 1.54) is 11.1 Å². The Kier molecular flexibility index (Phi) is 12.1. The third-order valence-electron chi connectivity index (χ3n) is 10.2. The molecule has 0 aliphatic carbocycles. The molecule has 0 amide bonds. The SMILES string of the molecule is COc1cc(-c2cc(CN3CCN(Cc4cc(-c5cc(OC)c(OC)c(OC)c5)n(Cc5ccccc5)n4)CC3)nn2Cc2ccccc2)cc(OC)c1OC. The molecule has 0 N–H and O–H groups in total. The fourth-order valence-electron chi connectivity index (χ4n) is 7.33. The molecule has 2 aromatic heterocycles. The van der Waals surface area contributed by atoms with Crippen LogP contribution in [-0.2, 0) is 26.2 Å². The summed E-state index contributed by atoms with van der Waals surface area (Å²) < 4.78 is 38.1. The van der Waals surface area contributed by atoms with E-state index < -0.39 is 0 Å². The predicted molar refractivity (Wildman–Crippen MR) is 216 cm³/mol. The number of aromatic nitrogens is 4. The first-order valence-corrected chi connectivity index (χ1v) is 18.7. The van der Waals surface area contributed by atoms with Crippen LogP contribution in [0.2, 0.25) is 0 Å². The van der Waals surface area contributed by atoms with E-state index in [-0.39, 0.29) is 0 Å². The van der Waals surface area contributed by atoms with Gasteiger partial charge in [0.2, 0.25) is 11.5 Å². The zero-order valence-corrected chi connectivity index (χ0v) is 33.0. The second-order valence-corrected chi connectivity index (χ2v) is 13.7. The molecule has 0 bridgehead atoms. The second kappa shape index (κ2) is 17.7. The third-order valence-corrected chi connectivity index (χ3v) is 10.2. The van der Waals surface area contributed by atoms with Crippen LogP contribution < -0.4 is 28.4 Å². The smallest absolute Gasteiger partial charge is 0.203 e. The molecule has 4 aromatic carbocycles. The number of benzene rings is 4. The molecular formula is C44H50N6O6. The van der Waals surface area contributed by atoms with E-state index in [4.69, 9.17) is 38.6 Å². The van der Waals surface area contributed by atoms with Crippen molar-refractivity contribution >= 4 is 0 Å². The molecule has 1 aliphatic heterocycles. The average Bonchev–Trinajstić information content (AvgIpc) is 3.83. The zero-order valence-electron chi connectivity index (χ0n) is 33.0. The summed E-state index contributed by atoms with van der Waals surface area (Å²) in [6.45, 7) is 6.40. The van der Waals surface area contributed by atoms with Gasteiger partial charge in [-0.2, -0.15) is 10.2 Å². The quantitative estimate of drug-likeness (QED) is 0.104. The number of piperazine rings is 1. The minimum absolute atomic E-state index is 0.561. The Labute approximate surface area is 328 Å². The standard InChI is InChI=1S/C44H50N6O6/c1-51-39-21-33(22-40(52-2)43(39)55-5)37-25-35(45-49(37)27-31-13-9-7-10-14-31)29-47-17-19-48(20-18-47)30-36-26-38(50(46-36)28-32-15-11-8-12-16-32)34-23-41(53-3)44(56-6)42(24-34)54-4/h7-16,21-26H,17-20,27-30H2,1-6H3. The van der Waals surface area contributed by atoms with Crippen LogP contribution >= 0.6 is 0 Å². The van der Waals surface area contributed by atoms with Crippen LogP contribution in [-0.4, -0.2) is 98.2 Å². The monoisotopic (exact) mass is 758 g/mol. The summed E-state index contributed by atoms with van der Waals surface area (Å²) >= 11 is 0. The number of rotatable bonds is 16. The Bertz CT molecular complexity index is 2010. The van der Waals surface area contributed by atoms with E-state index >= 15 is 0 Å². The van der Waals surface area contributed by atoms with E-state index in [0.717, 1.165) is 73.2 Å². The van der Waals surface area contributed by atoms with Gasteiger partial charge in [0, 0.05) is 50.4 Å². The normalized spacial score (nSPS) is 13.4. The van der Waals surface area contributed by atoms with Gasteiger partial charge in [-0.05, 0) is 47.5 Å². The minimum Gasteiger partial charge on any atom is -0.493 e. The molecule has 3 heterocycles. The van der Waals surface area contributed by atoms with Gasteiger partial charge in [-0.15, -0.1) is 0 Å². The summed E-state index contributed by atoms with van der Waals surface area (Å²) in [5, 5.41) is 10.3. The van der Waals surface area contributed by atoms with Crippen molar-refractivity contribution in [1.29, 1.82) is 0 Å². The van der Waals surface area contributed by atoms with Crippen molar-refractivity contribution in [1.82, 2.24) is 29.4 Å². The summed E-state index contributed by atoms with van der Waals surface area (Å²) in [6.07, 6.45) is 0. The lowest BCUT2D eigenvalue weighted by molar-refractivity contribution is 0.119. The highest BCUT2D eigenvalue weighted by Crippen LogP contribution is 2.43. The Balaban J connectivity index is 1.09. The molecule has 12 nitrogen and oxygen atoms in total. The van der Waals surface area contributed by atoms with E-state index in [9.17, 15) is 0 Å². The van der Waals surface area contributed by atoms with Crippen molar-refractivity contribution in [3.63, 3.8) is 0 Å². The molecule has 0 saturated carbocycles. The molecule has 0 radical (unpaired) electrons. The molecular weight excluding hydrogens is 709 g/mol. The van der Waals surface area contributed by atoms with Crippen LogP contribution in [0, 0.1) is 0 Å². The van der Waals surface area contributed by atoms with E-state index in [1.807, 2.05) is 36.4 Å². The summed E-state index contributed by atoms with van der Waals surface area (Å²) in [6, 6.07) is 33.1. The molecule has 7 rings (SSSR count). The number of nitrogens with zero attached hydrogens (tertiary/aromatic N) is 6. The van der Waals surface area contributed by atoms with Gasteiger partial charge in [0.05, 0.1) is 78.5 Å². The predicted octanol–water partition coefficient (Wildman–Crippen LogP) is 6.88. The topological polar surface area (TPSA) is 97.5 Å². The van der Waals surface area contributed by atoms with E-state index in [0.29, 0.717) is 47.6 Å². The summed E-state index contributed by atoms with van der Waals surface area (Å²) in [4.78, 5) is 4.94. The fraction of sp³-hybridized carbons (Fsp3) is 0.318. The molecule has 292 valence electrons. The average molecular weight is 759 g/mol. The Morgan fingerprint density at radius 3 is 1.07 bits per heavy atom. The largest absolute Gasteiger partial charge is 0.493 e. The van der Waals surface area contributed by atoms with Crippen molar-refractivity contribution in [3.8, 4) is 57.0 Å². The van der Waals surface area contributed by atoms with Crippen molar-refractivity contribution in [3.05, 3.63) is 120 Å². The maximum absolute atomic E-state index is 5.70. The lowest BCUT2D eigenvalue weighted by Gasteiger charge is -2.33. The number of hydrogen-bond donors (Lipinski definition) is 0. The number of ether oxygens (including phenoxy) is 6. The highest BCUT2D eigenvalue weighted by atomic mass is 16.5. The highest BCUT2D eigenvalue weighted by molar-refractivity contribution is 5.70. The molecule has 1 fully saturated rings. The Morgan fingerprint density at radius 1 is 0.429 bits per heavy atom.